The maximum Gasteiger partial charge on any atom is 0.314 e. The normalized spacial score (nSPS) is 14.8. The lowest BCUT2D eigenvalue weighted by molar-refractivity contribution is -0.143. The van der Waals surface area contributed by atoms with Crippen LogP contribution in [0.1, 0.15) is 51.5 Å². The molecule has 2 amide bonds. The van der Waals surface area contributed by atoms with Crippen molar-refractivity contribution in [2.45, 2.75) is 46.5 Å². The molecule has 10 heteroatoms. The molecule has 9 nitrogen and oxygen atoms in total. The van der Waals surface area contributed by atoms with Crippen molar-refractivity contribution in [3.63, 3.8) is 0 Å². The van der Waals surface area contributed by atoms with Gasteiger partial charge in [-0.2, -0.15) is 5.10 Å². The molecule has 3 aromatic heterocycles. The van der Waals surface area contributed by atoms with E-state index in [9.17, 15) is 9.59 Å². The summed E-state index contributed by atoms with van der Waals surface area (Å²) in [6.45, 7) is 20.5. The van der Waals surface area contributed by atoms with Gasteiger partial charge < -0.3 is 15.1 Å². The monoisotopic (exact) mass is 537 g/mol. The fraction of sp³-hybridized carbons (Fsp3) is 0.464. The first-order valence-corrected chi connectivity index (χ1v) is 14.0. The average molecular weight is 538 g/mol. The Balaban J connectivity index is 0.000000215. The van der Waals surface area contributed by atoms with Crippen molar-refractivity contribution in [3.8, 4) is 0 Å². The number of pyridine rings is 1. The first kappa shape index (κ1) is 29.2. The number of aromatic nitrogens is 4. The molecule has 1 aliphatic heterocycles. The number of nitrogens with one attached hydrogen (secondary N) is 2. The molecular weight excluding hydrogens is 498 g/mol. The van der Waals surface area contributed by atoms with Gasteiger partial charge >= 0.3 is 11.8 Å². The Morgan fingerprint density at radius 2 is 2.00 bits per heavy atom. The number of anilines is 1. The molecule has 0 aliphatic carbocycles. The molecule has 0 bridgehead atoms. The molecule has 1 saturated heterocycles. The number of fused-ring (bicyclic) bond motifs is 1. The summed E-state index contributed by atoms with van der Waals surface area (Å²) in [6, 6.07) is 0. The summed E-state index contributed by atoms with van der Waals surface area (Å²) in [5.74, 6) is -0.265. The van der Waals surface area contributed by atoms with Crippen molar-refractivity contribution in [2.24, 2.45) is 5.92 Å². The van der Waals surface area contributed by atoms with Crippen LogP contribution < -0.4 is 15.2 Å². The molecule has 2 N–H and O–H groups in total. The number of H-pyrrole nitrogens is 1. The fourth-order valence-electron chi connectivity index (χ4n) is 4.37. The minimum absolute atomic E-state index is 0.305. The van der Waals surface area contributed by atoms with Gasteiger partial charge in [-0.15, -0.1) is 11.3 Å². The van der Waals surface area contributed by atoms with Crippen LogP contribution in [0.15, 0.2) is 31.2 Å². The van der Waals surface area contributed by atoms with Crippen molar-refractivity contribution in [1.29, 1.82) is 0 Å². The van der Waals surface area contributed by atoms with Crippen LogP contribution >= 0.6 is 11.3 Å². The minimum Gasteiger partial charge on any atom is -0.334 e. The summed E-state index contributed by atoms with van der Waals surface area (Å²) in [4.78, 5) is 37.0. The molecule has 0 aromatic carbocycles. The van der Waals surface area contributed by atoms with E-state index < -0.39 is 11.8 Å². The van der Waals surface area contributed by atoms with E-state index >= 15 is 0 Å². The third kappa shape index (κ3) is 7.58. The number of amides is 2. The quantitative estimate of drug-likeness (QED) is 0.449. The molecule has 0 atom stereocenters. The second-order valence-electron chi connectivity index (χ2n) is 9.68. The zero-order valence-electron chi connectivity index (χ0n) is 22.9. The van der Waals surface area contributed by atoms with Crippen molar-refractivity contribution in [1.82, 2.24) is 30.0 Å². The summed E-state index contributed by atoms with van der Waals surface area (Å²) in [5, 5.41) is 12.3. The number of hydrogen-bond donors (Lipinski definition) is 2. The number of piperidine rings is 1. The van der Waals surface area contributed by atoms with E-state index in [2.05, 4.69) is 50.5 Å². The molecular formula is C28H39N7O2S. The Kier molecular flexibility index (Phi) is 10.7. The standard InChI is InChI=1S/C14H19N5O2.C14H20N2S/c1-4-19(8-9(2)3)14(21)13(20)17-11-7-15-5-10-6-16-18-12(10)11;1-4-6-13-11(3)17-14(15-13)12-7-9-16(5-2)10-8-12/h5-7,9H,4,8H2,1-3H3,(H,16,18)(H,17,20);4,6,12H,1,3,5,7-10H2,2H3/b;13-6+. The summed E-state index contributed by atoms with van der Waals surface area (Å²) >= 11 is 1.75. The summed E-state index contributed by atoms with van der Waals surface area (Å²) < 4.78 is 1.07. The molecule has 204 valence electrons. The topological polar surface area (TPSA) is 107 Å². The minimum atomic E-state index is -0.665. The highest BCUT2D eigenvalue weighted by Crippen LogP contribution is 2.27. The van der Waals surface area contributed by atoms with Gasteiger partial charge in [0.1, 0.15) is 0 Å². The highest BCUT2D eigenvalue weighted by Gasteiger charge is 2.23. The lowest BCUT2D eigenvalue weighted by Gasteiger charge is -2.29. The molecule has 4 heterocycles. The van der Waals surface area contributed by atoms with Crippen LogP contribution in [0.25, 0.3) is 23.6 Å². The van der Waals surface area contributed by atoms with Crippen molar-refractivity contribution >= 4 is 52.4 Å². The van der Waals surface area contributed by atoms with E-state index in [1.807, 2.05) is 26.8 Å². The largest absolute Gasteiger partial charge is 0.334 e. The van der Waals surface area contributed by atoms with Crippen LogP contribution in [0.2, 0.25) is 0 Å². The van der Waals surface area contributed by atoms with E-state index in [-0.39, 0.29) is 0 Å². The summed E-state index contributed by atoms with van der Waals surface area (Å²) in [5.41, 5.74) is 1.10. The lowest BCUT2D eigenvalue weighted by atomic mass is 9.98. The number of nitrogens with zero attached hydrogens (tertiary/aromatic N) is 5. The van der Waals surface area contributed by atoms with Gasteiger partial charge in [0.25, 0.3) is 0 Å². The van der Waals surface area contributed by atoms with Gasteiger partial charge in [0.2, 0.25) is 0 Å². The fourth-order valence-corrected chi connectivity index (χ4v) is 5.39. The van der Waals surface area contributed by atoms with Gasteiger partial charge in [-0.1, -0.05) is 40.0 Å². The van der Waals surface area contributed by atoms with Gasteiger partial charge in [0.05, 0.1) is 34.0 Å². The Morgan fingerprint density at radius 1 is 1.26 bits per heavy atom. The van der Waals surface area contributed by atoms with Crippen LogP contribution in [0.4, 0.5) is 5.69 Å². The molecule has 4 rings (SSSR count). The molecule has 0 unspecified atom stereocenters. The predicted octanol–water partition coefficient (Wildman–Crippen LogP) is 3.12. The lowest BCUT2D eigenvalue weighted by Crippen LogP contribution is -2.41. The van der Waals surface area contributed by atoms with E-state index in [4.69, 9.17) is 0 Å². The summed E-state index contributed by atoms with van der Waals surface area (Å²) in [7, 11) is 0. The van der Waals surface area contributed by atoms with E-state index in [0.29, 0.717) is 36.1 Å². The Hall–Kier alpha value is -3.37. The van der Waals surface area contributed by atoms with Crippen LogP contribution in [0, 0.1) is 5.92 Å². The van der Waals surface area contributed by atoms with Crippen LogP contribution in [-0.4, -0.2) is 74.5 Å². The second-order valence-corrected chi connectivity index (χ2v) is 10.8. The highest BCUT2D eigenvalue weighted by atomic mass is 32.1. The van der Waals surface area contributed by atoms with Crippen LogP contribution in [0.5, 0.6) is 0 Å². The van der Waals surface area contributed by atoms with Gasteiger partial charge in [0.15, 0.2) is 0 Å². The zero-order valence-corrected chi connectivity index (χ0v) is 23.7. The van der Waals surface area contributed by atoms with Gasteiger partial charge in [-0.05, 0) is 51.4 Å². The summed E-state index contributed by atoms with van der Waals surface area (Å²) in [6.07, 6.45) is 10.9. The van der Waals surface area contributed by atoms with Crippen LogP contribution in [-0.2, 0) is 9.59 Å². The third-order valence-corrected chi connectivity index (χ3v) is 7.55. The number of carbonyl (C=O) groups is 2. The number of carbonyl (C=O) groups excluding carboxylic acids is 2. The molecule has 0 saturated carbocycles. The number of thiazole rings is 1. The Morgan fingerprint density at radius 3 is 2.63 bits per heavy atom. The van der Waals surface area contributed by atoms with Crippen molar-refractivity contribution < 1.29 is 9.59 Å². The first-order chi connectivity index (χ1) is 18.3. The smallest absolute Gasteiger partial charge is 0.314 e. The first-order valence-electron chi connectivity index (χ1n) is 13.1. The predicted molar refractivity (Wildman–Crippen MR) is 155 cm³/mol. The molecule has 0 radical (unpaired) electrons. The number of hydrogen-bond acceptors (Lipinski definition) is 7. The zero-order chi connectivity index (χ0) is 27.7. The van der Waals surface area contributed by atoms with Crippen molar-refractivity contribution in [3.05, 3.63) is 46.1 Å². The maximum absolute atomic E-state index is 12.2. The molecule has 1 aliphatic rings. The van der Waals surface area contributed by atoms with E-state index in [1.54, 1.807) is 29.8 Å². The van der Waals surface area contributed by atoms with E-state index in [0.717, 1.165) is 15.3 Å². The SMILES string of the molecule is C=C/C=c1/nc(C2CCN(CC)CC2)sc1=C.CCN(CC(C)C)C(=O)C(=O)Nc1cncc2cn[nH]c12. The number of aromatic amines is 1. The Labute approximate surface area is 228 Å². The third-order valence-electron chi connectivity index (χ3n) is 6.46. The van der Waals surface area contributed by atoms with E-state index in [1.165, 1.54) is 48.6 Å². The highest BCUT2D eigenvalue weighted by molar-refractivity contribution is 7.09. The van der Waals surface area contributed by atoms with Crippen LogP contribution in [0.3, 0.4) is 0 Å². The van der Waals surface area contributed by atoms with Gasteiger partial charge in [-0.25, -0.2) is 4.98 Å². The number of likely N-dealkylation sites (N-methyl/N-ethyl adjacent to an activating group) is 1. The molecule has 3 aromatic rings. The Bertz CT molecular complexity index is 1340. The number of rotatable bonds is 7. The maximum atomic E-state index is 12.2. The molecule has 38 heavy (non-hydrogen) atoms. The average Bonchev–Trinajstić information content (AvgIpc) is 3.55. The second kappa shape index (κ2) is 14.0. The molecule has 1 fully saturated rings. The number of allylic oxidation sites excluding steroid dienone is 1. The number of likely N-dealkylation sites (tertiary alicyclic amines) is 1. The van der Waals surface area contributed by atoms with Gasteiger partial charge in [-0.3, -0.25) is 19.7 Å². The van der Waals surface area contributed by atoms with Crippen molar-refractivity contribution in [2.75, 3.05) is 38.0 Å². The van der Waals surface area contributed by atoms with Gasteiger partial charge in [0, 0.05) is 35.1 Å². The molecule has 0 spiro atoms.